The fourth-order valence-electron chi connectivity index (χ4n) is 4.43. The molecular formula is C24H22ClFN6O3S. The number of anilines is 1. The van der Waals surface area contributed by atoms with Crippen LogP contribution in [0.5, 0.6) is 0 Å². The van der Waals surface area contributed by atoms with Gasteiger partial charge in [0.15, 0.2) is 11.5 Å². The standard InChI is InChI=1S/C24H22ClFN6O3S/c1-24(2)9-7-14(8-10-24)31-22-16(12-27-31)21(30-23(33)18-5-6-19(36-18)32(34)35)28-20(29-22)15-4-3-13(25)11-17(15)26/h3-6,11-12,14H,7-10H2,1-2H3,(H,28,29,30,33). The number of aromatic nitrogens is 4. The Labute approximate surface area is 214 Å². The summed E-state index contributed by atoms with van der Waals surface area (Å²) in [5, 5.41) is 18.9. The van der Waals surface area contributed by atoms with E-state index in [0.29, 0.717) is 11.0 Å². The first-order chi connectivity index (χ1) is 17.1. The van der Waals surface area contributed by atoms with Crippen LogP contribution < -0.4 is 5.32 Å². The van der Waals surface area contributed by atoms with Gasteiger partial charge in [-0.25, -0.2) is 19.0 Å². The first kappa shape index (κ1) is 24.3. The van der Waals surface area contributed by atoms with Gasteiger partial charge in [-0.05, 0) is 55.4 Å². The van der Waals surface area contributed by atoms with Crippen LogP contribution in [0.2, 0.25) is 5.02 Å². The van der Waals surface area contributed by atoms with Crippen molar-refractivity contribution >= 4 is 50.7 Å². The summed E-state index contributed by atoms with van der Waals surface area (Å²) in [4.78, 5) is 32.6. The molecule has 5 rings (SSSR count). The predicted molar refractivity (Wildman–Crippen MR) is 136 cm³/mol. The van der Waals surface area contributed by atoms with Gasteiger partial charge < -0.3 is 5.32 Å². The molecule has 9 nitrogen and oxygen atoms in total. The van der Waals surface area contributed by atoms with E-state index in [-0.39, 0.29) is 43.6 Å². The lowest BCUT2D eigenvalue weighted by Gasteiger charge is -2.34. The third kappa shape index (κ3) is 4.68. The largest absolute Gasteiger partial charge is 0.324 e. The van der Waals surface area contributed by atoms with Crippen LogP contribution in [0.3, 0.4) is 0 Å². The van der Waals surface area contributed by atoms with Crippen LogP contribution in [0, 0.1) is 21.3 Å². The second kappa shape index (κ2) is 9.21. The third-order valence-electron chi connectivity index (χ3n) is 6.51. The van der Waals surface area contributed by atoms with E-state index in [0.717, 1.165) is 37.0 Å². The Morgan fingerprint density at radius 1 is 1.25 bits per heavy atom. The Hall–Kier alpha value is -3.44. The molecule has 1 fully saturated rings. The summed E-state index contributed by atoms with van der Waals surface area (Å²) in [7, 11) is 0. The number of amides is 1. The van der Waals surface area contributed by atoms with Crippen molar-refractivity contribution in [3.8, 4) is 11.4 Å². The SMILES string of the molecule is CC1(C)CCC(n2ncc3c(NC(=O)c4ccc([N+](=O)[O-])s4)nc(-c4ccc(Cl)cc4F)nc32)CC1. The van der Waals surface area contributed by atoms with Gasteiger partial charge in [-0.2, -0.15) is 5.10 Å². The van der Waals surface area contributed by atoms with Gasteiger partial charge in [0.05, 0.1) is 33.0 Å². The summed E-state index contributed by atoms with van der Waals surface area (Å²) in [6.07, 6.45) is 5.48. The zero-order valence-electron chi connectivity index (χ0n) is 19.5. The summed E-state index contributed by atoms with van der Waals surface area (Å²) in [6, 6.07) is 6.95. The number of hydrogen-bond donors (Lipinski definition) is 1. The Morgan fingerprint density at radius 2 is 2.00 bits per heavy atom. The third-order valence-corrected chi connectivity index (χ3v) is 7.78. The lowest BCUT2D eigenvalue weighted by Crippen LogP contribution is -2.24. The summed E-state index contributed by atoms with van der Waals surface area (Å²) in [5.74, 6) is -0.948. The number of halogens is 2. The lowest BCUT2D eigenvalue weighted by atomic mass is 9.75. The molecule has 0 radical (unpaired) electrons. The number of fused-ring (bicyclic) bond motifs is 1. The summed E-state index contributed by atoms with van der Waals surface area (Å²) in [5.41, 5.74) is 0.863. The Morgan fingerprint density at radius 3 is 2.67 bits per heavy atom. The molecule has 1 aliphatic carbocycles. The van der Waals surface area contributed by atoms with Crippen molar-refractivity contribution in [3.05, 3.63) is 62.4 Å². The van der Waals surface area contributed by atoms with Gasteiger partial charge in [-0.15, -0.1) is 0 Å². The van der Waals surface area contributed by atoms with Crippen molar-refractivity contribution in [2.75, 3.05) is 5.32 Å². The van der Waals surface area contributed by atoms with Crippen LogP contribution in [0.15, 0.2) is 36.5 Å². The normalized spacial score (nSPS) is 15.8. The van der Waals surface area contributed by atoms with E-state index in [1.807, 2.05) is 4.68 Å². The Balaban J connectivity index is 1.59. The number of carbonyl (C=O) groups excluding carboxylic acids is 1. The molecule has 0 unspecified atom stereocenters. The minimum atomic E-state index is -0.599. The number of benzene rings is 1. The van der Waals surface area contributed by atoms with E-state index < -0.39 is 16.6 Å². The fourth-order valence-corrected chi connectivity index (χ4v) is 5.30. The number of rotatable bonds is 5. The highest BCUT2D eigenvalue weighted by molar-refractivity contribution is 7.17. The number of hydrogen-bond acceptors (Lipinski definition) is 7. The number of nitro groups is 1. The molecule has 0 atom stereocenters. The van der Waals surface area contributed by atoms with Crippen LogP contribution in [-0.4, -0.2) is 30.6 Å². The highest BCUT2D eigenvalue weighted by Gasteiger charge is 2.30. The molecule has 1 amide bonds. The zero-order chi connectivity index (χ0) is 25.6. The molecule has 186 valence electrons. The van der Waals surface area contributed by atoms with Crippen LogP contribution >= 0.6 is 22.9 Å². The number of nitrogens with one attached hydrogen (secondary N) is 1. The van der Waals surface area contributed by atoms with Gasteiger partial charge in [-0.1, -0.05) is 36.8 Å². The predicted octanol–water partition coefficient (Wildman–Crippen LogP) is 6.65. The van der Waals surface area contributed by atoms with Crippen molar-refractivity contribution < 1.29 is 14.1 Å². The van der Waals surface area contributed by atoms with Crippen molar-refractivity contribution in [2.45, 2.75) is 45.6 Å². The molecule has 1 aliphatic rings. The average molecular weight is 529 g/mol. The number of nitrogens with zero attached hydrogens (tertiary/aromatic N) is 5. The molecule has 0 spiro atoms. The van der Waals surface area contributed by atoms with Crippen LogP contribution in [0.4, 0.5) is 15.2 Å². The van der Waals surface area contributed by atoms with Gasteiger partial charge in [0.2, 0.25) is 0 Å². The zero-order valence-corrected chi connectivity index (χ0v) is 21.1. The smallest absolute Gasteiger partial charge is 0.305 e. The van der Waals surface area contributed by atoms with E-state index >= 15 is 0 Å². The molecule has 1 N–H and O–H groups in total. The molecule has 1 saturated carbocycles. The Bertz CT molecular complexity index is 1490. The number of carbonyl (C=O) groups is 1. The molecule has 0 bridgehead atoms. The molecule has 36 heavy (non-hydrogen) atoms. The molecule has 12 heteroatoms. The molecule has 0 saturated heterocycles. The van der Waals surface area contributed by atoms with Gasteiger partial charge in [0, 0.05) is 11.1 Å². The van der Waals surface area contributed by atoms with Crippen molar-refractivity contribution in [1.82, 2.24) is 19.7 Å². The molecule has 3 aromatic heterocycles. The first-order valence-corrected chi connectivity index (χ1v) is 12.6. The molecular weight excluding hydrogens is 507 g/mol. The van der Waals surface area contributed by atoms with E-state index in [9.17, 15) is 19.3 Å². The second-order valence-electron chi connectivity index (χ2n) is 9.59. The van der Waals surface area contributed by atoms with Crippen LogP contribution in [0.1, 0.15) is 55.2 Å². The van der Waals surface area contributed by atoms with Crippen LogP contribution in [0.25, 0.3) is 22.4 Å². The lowest BCUT2D eigenvalue weighted by molar-refractivity contribution is -0.380. The maximum absolute atomic E-state index is 14.8. The van der Waals surface area contributed by atoms with Crippen LogP contribution in [-0.2, 0) is 0 Å². The minimum Gasteiger partial charge on any atom is -0.305 e. The number of thiophene rings is 1. The monoisotopic (exact) mass is 528 g/mol. The van der Waals surface area contributed by atoms with Crippen molar-refractivity contribution in [2.24, 2.45) is 5.41 Å². The molecule has 3 heterocycles. The Kier molecular flexibility index (Phi) is 6.21. The fraction of sp³-hybridized carbons (Fsp3) is 0.333. The van der Waals surface area contributed by atoms with Crippen molar-refractivity contribution in [1.29, 1.82) is 0 Å². The molecule has 0 aliphatic heterocycles. The molecule has 1 aromatic carbocycles. The van der Waals surface area contributed by atoms with Gasteiger partial charge in [0.25, 0.3) is 5.91 Å². The quantitative estimate of drug-likeness (QED) is 0.229. The highest BCUT2D eigenvalue weighted by atomic mass is 35.5. The average Bonchev–Trinajstić information content (AvgIpc) is 3.47. The van der Waals surface area contributed by atoms with Gasteiger partial charge >= 0.3 is 5.00 Å². The summed E-state index contributed by atoms with van der Waals surface area (Å²) >= 11 is 6.68. The minimum absolute atomic E-state index is 0.0713. The van der Waals surface area contributed by atoms with Gasteiger partial charge in [-0.3, -0.25) is 14.9 Å². The topological polar surface area (TPSA) is 116 Å². The maximum atomic E-state index is 14.8. The van der Waals surface area contributed by atoms with Gasteiger partial charge in [0.1, 0.15) is 11.6 Å². The van der Waals surface area contributed by atoms with E-state index in [1.54, 1.807) is 6.20 Å². The summed E-state index contributed by atoms with van der Waals surface area (Å²) < 4.78 is 16.6. The van der Waals surface area contributed by atoms with Crippen molar-refractivity contribution in [3.63, 3.8) is 0 Å². The van der Waals surface area contributed by atoms with E-state index in [2.05, 4.69) is 34.2 Å². The second-order valence-corrected chi connectivity index (χ2v) is 11.1. The molecule has 4 aromatic rings. The highest BCUT2D eigenvalue weighted by Crippen LogP contribution is 2.41. The maximum Gasteiger partial charge on any atom is 0.324 e. The first-order valence-electron chi connectivity index (χ1n) is 11.4. The van der Waals surface area contributed by atoms with E-state index in [1.165, 1.54) is 30.3 Å². The summed E-state index contributed by atoms with van der Waals surface area (Å²) in [6.45, 7) is 4.49. The van der Waals surface area contributed by atoms with E-state index in [4.69, 9.17) is 11.6 Å².